The molecule has 2 saturated heterocycles. The number of hydrogen-bond donors (Lipinski definition) is 2. The highest BCUT2D eigenvalue weighted by atomic mass is 16.5. The van der Waals surface area contributed by atoms with Gasteiger partial charge in [-0.05, 0) is 51.5 Å². The van der Waals surface area contributed by atoms with Crippen LogP contribution in [0.2, 0.25) is 0 Å². The number of ether oxygens (including phenoxy) is 2. The fourth-order valence-electron chi connectivity index (χ4n) is 4.96. The first-order valence-corrected chi connectivity index (χ1v) is 11.5. The van der Waals surface area contributed by atoms with Crippen molar-refractivity contribution in [3.8, 4) is 0 Å². The second kappa shape index (κ2) is 10.9. The normalized spacial score (nSPS) is 21.8. The lowest BCUT2D eigenvalue weighted by Crippen LogP contribution is -2.56. The fourth-order valence-corrected chi connectivity index (χ4v) is 4.96. The molecular formula is C24H34N2O6. The molecule has 0 aliphatic carbocycles. The number of carbonyl (C=O) groups is 3. The smallest absolute Gasteiger partial charge is 0.327 e. The number of nitrogens with one attached hydrogen (secondary N) is 1. The van der Waals surface area contributed by atoms with E-state index in [0.29, 0.717) is 51.9 Å². The minimum absolute atomic E-state index is 0.252. The summed E-state index contributed by atoms with van der Waals surface area (Å²) in [6.07, 6.45) is 3.06. The van der Waals surface area contributed by atoms with Gasteiger partial charge in [0.2, 0.25) is 5.91 Å². The molecule has 0 radical (unpaired) electrons. The molecule has 2 aliphatic heterocycles. The molecule has 2 fully saturated rings. The van der Waals surface area contributed by atoms with Crippen LogP contribution in [0.1, 0.15) is 45.1 Å². The molecule has 0 saturated carbocycles. The molecule has 0 aromatic heterocycles. The third kappa shape index (κ3) is 5.48. The van der Waals surface area contributed by atoms with E-state index in [4.69, 9.17) is 9.47 Å². The van der Waals surface area contributed by atoms with E-state index in [1.807, 2.05) is 30.3 Å². The minimum Gasteiger partial charge on any atom is -0.480 e. The number of carbonyl (C=O) groups excluding carboxylic acids is 2. The van der Waals surface area contributed by atoms with Gasteiger partial charge in [-0.2, -0.15) is 0 Å². The third-order valence-electron chi connectivity index (χ3n) is 6.71. The zero-order valence-corrected chi connectivity index (χ0v) is 18.9. The van der Waals surface area contributed by atoms with E-state index in [0.717, 1.165) is 5.56 Å². The number of esters is 1. The van der Waals surface area contributed by atoms with Crippen molar-refractivity contribution in [1.29, 1.82) is 0 Å². The maximum absolute atomic E-state index is 13.3. The van der Waals surface area contributed by atoms with Crippen LogP contribution in [0.15, 0.2) is 30.3 Å². The molecule has 1 amide bonds. The molecule has 8 heteroatoms. The van der Waals surface area contributed by atoms with Gasteiger partial charge in [-0.3, -0.25) is 14.9 Å². The number of carboxylic acid groups (broad SMARTS) is 1. The molecule has 0 bridgehead atoms. The highest BCUT2D eigenvalue weighted by molar-refractivity contribution is 5.88. The Morgan fingerprint density at radius 1 is 1.22 bits per heavy atom. The number of amides is 1. The molecule has 32 heavy (non-hydrogen) atoms. The second-order valence-electron chi connectivity index (χ2n) is 8.71. The number of aryl methyl sites for hydroxylation is 1. The highest BCUT2D eigenvalue weighted by Gasteiger charge is 2.53. The van der Waals surface area contributed by atoms with Crippen LogP contribution >= 0.6 is 0 Å². The van der Waals surface area contributed by atoms with Crippen molar-refractivity contribution < 1.29 is 29.0 Å². The first-order valence-electron chi connectivity index (χ1n) is 11.5. The van der Waals surface area contributed by atoms with Crippen LogP contribution in [0.25, 0.3) is 0 Å². The highest BCUT2D eigenvalue weighted by Crippen LogP contribution is 2.45. The lowest BCUT2D eigenvalue weighted by atomic mass is 9.74. The van der Waals surface area contributed by atoms with E-state index in [2.05, 4.69) is 5.32 Å². The summed E-state index contributed by atoms with van der Waals surface area (Å²) in [5, 5.41) is 13.1. The average molecular weight is 447 g/mol. The van der Waals surface area contributed by atoms with Crippen LogP contribution in [0, 0.1) is 5.41 Å². The monoisotopic (exact) mass is 446 g/mol. The maximum atomic E-state index is 13.3. The molecule has 2 aliphatic rings. The SMILES string of the molecule is CCOC(=O)C(CCc1ccccc1)N[C@@H](C)C(=O)N1CCC2(CCOCC2)[C@H]1C(=O)O. The molecule has 2 N–H and O–H groups in total. The Kier molecular flexibility index (Phi) is 8.26. The fraction of sp³-hybridized carbons (Fsp3) is 0.625. The predicted octanol–water partition coefficient (Wildman–Crippen LogP) is 2.01. The summed E-state index contributed by atoms with van der Waals surface area (Å²) in [7, 11) is 0. The zero-order valence-electron chi connectivity index (χ0n) is 18.9. The zero-order chi connectivity index (χ0) is 23.1. The molecule has 1 unspecified atom stereocenters. The summed E-state index contributed by atoms with van der Waals surface area (Å²) in [6.45, 7) is 5.12. The number of nitrogens with zero attached hydrogens (tertiary/aromatic N) is 1. The Bertz CT molecular complexity index is 793. The Morgan fingerprint density at radius 3 is 2.53 bits per heavy atom. The summed E-state index contributed by atoms with van der Waals surface area (Å²) in [6, 6.07) is 7.57. The van der Waals surface area contributed by atoms with E-state index < -0.39 is 35.5 Å². The van der Waals surface area contributed by atoms with Crippen LogP contribution in [0.5, 0.6) is 0 Å². The molecule has 3 atom stereocenters. The van der Waals surface area contributed by atoms with Crippen LogP contribution in [0.3, 0.4) is 0 Å². The molecule has 2 heterocycles. The van der Waals surface area contributed by atoms with Crippen molar-refractivity contribution in [2.75, 3.05) is 26.4 Å². The van der Waals surface area contributed by atoms with Gasteiger partial charge in [0.25, 0.3) is 0 Å². The number of aliphatic carboxylic acids is 1. The van der Waals surface area contributed by atoms with E-state index in [1.165, 1.54) is 4.90 Å². The predicted molar refractivity (Wildman–Crippen MR) is 118 cm³/mol. The first kappa shape index (κ1) is 24.2. The van der Waals surface area contributed by atoms with Crippen molar-refractivity contribution in [3.63, 3.8) is 0 Å². The standard InChI is InChI=1S/C24H34N2O6/c1-3-32-23(30)19(10-9-18-7-5-4-6-8-18)25-17(2)21(27)26-14-11-24(20(26)22(28)29)12-15-31-16-13-24/h4-8,17,19-20,25H,3,9-16H2,1-2H3,(H,28,29)/t17-,19?,20+/m0/s1. The van der Waals surface area contributed by atoms with Crippen LogP contribution in [-0.4, -0.2) is 72.3 Å². The number of carboxylic acids is 1. The first-order chi connectivity index (χ1) is 15.4. The third-order valence-corrected chi connectivity index (χ3v) is 6.71. The molecule has 1 aromatic rings. The summed E-state index contributed by atoms with van der Waals surface area (Å²) in [5.74, 6) is -1.68. The van der Waals surface area contributed by atoms with Crippen molar-refractivity contribution in [1.82, 2.24) is 10.2 Å². The molecule has 1 spiro atoms. The van der Waals surface area contributed by atoms with E-state index in [9.17, 15) is 19.5 Å². The number of rotatable bonds is 9. The van der Waals surface area contributed by atoms with Crippen molar-refractivity contribution in [3.05, 3.63) is 35.9 Å². The molecule has 8 nitrogen and oxygen atoms in total. The van der Waals surface area contributed by atoms with E-state index >= 15 is 0 Å². The van der Waals surface area contributed by atoms with Gasteiger partial charge < -0.3 is 19.5 Å². The van der Waals surface area contributed by atoms with E-state index in [-0.39, 0.29) is 12.5 Å². The Hall–Kier alpha value is -2.45. The lowest BCUT2D eigenvalue weighted by molar-refractivity contribution is -0.155. The van der Waals surface area contributed by atoms with Crippen molar-refractivity contribution in [2.45, 2.75) is 64.1 Å². The summed E-state index contributed by atoms with van der Waals surface area (Å²) in [5.41, 5.74) is 0.655. The quantitative estimate of drug-likeness (QED) is 0.559. The number of hydrogen-bond acceptors (Lipinski definition) is 6. The van der Waals surface area contributed by atoms with Crippen LogP contribution in [-0.2, 0) is 30.3 Å². The van der Waals surface area contributed by atoms with Gasteiger partial charge in [0.15, 0.2) is 0 Å². The van der Waals surface area contributed by atoms with Gasteiger partial charge in [0.1, 0.15) is 12.1 Å². The van der Waals surface area contributed by atoms with Gasteiger partial charge in [0, 0.05) is 25.2 Å². The van der Waals surface area contributed by atoms with Crippen molar-refractivity contribution >= 4 is 17.8 Å². The topological polar surface area (TPSA) is 105 Å². The van der Waals surface area contributed by atoms with Gasteiger partial charge in [-0.1, -0.05) is 30.3 Å². The number of likely N-dealkylation sites (tertiary alicyclic amines) is 1. The van der Waals surface area contributed by atoms with Gasteiger partial charge in [-0.25, -0.2) is 4.79 Å². The molecule has 176 valence electrons. The Balaban J connectivity index is 1.69. The maximum Gasteiger partial charge on any atom is 0.327 e. The van der Waals surface area contributed by atoms with Crippen LogP contribution < -0.4 is 5.32 Å². The van der Waals surface area contributed by atoms with Gasteiger partial charge >= 0.3 is 11.9 Å². The average Bonchev–Trinajstić information content (AvgIpc) is 3.15. The van der Waals surface area contributed by atoms with Gasteiger partial charge in [0.05, 0.1) is 12.6 Å². The second-order valence-corrected chi connectivity index (χ2v) is 8.71. The molecule has 3 rings (SSSR count). The summed E-state index contributed by atoms with van der Waals surface area (Å²) >= 11 is 0. The van der Waals surface area contributed by atoms with E-state index in [1.54, 1.807) is 13.8 Å². The Labute approximate surface area is 189 Å². The minimum atomic E-state index is -0.976. The van der Waals surface area contributed by atoms with Crippen molar-refractivity contribution in [2.24, 2.45) is 5.41 Å². The summed E-state index contributed by atoms with van der Waals surface area (Å²) < 4.78 is 10.6. The number of benzene rings is 1. The molecular weight excluding hydrogens is 412 g/mol. The van der Waals surface area contributed by atoms with Gasteiger partial charge in [-0.15, -0.1) is 0 Å². The molecule has 1 aromatic carbocycles. The summed E-state index contributed by atoms with van der Waals surface area (Å²) in [4.78, 5) is 39.5. The largest absolute Gasteiger partial charge is 0.480 e. The van der Waals surface area contributed by atoms with Crippen LogP contribution in [0.4, 0.5) is 0 Å². The Morgan fingerprint density at radius 2 is 1.91 bits per heavy atom. The lowest BCUT2D eigenvalue weighted by Gasteiger charge is -2.38.